The molecule has 1 aliphatic carbocycles. The van der Waals surface area contributed by atoms with Crippen molar-refractivity contribution in [2.45, 2.75) is 45.1 Å². The molecule has 90 valence electrons. The van der Waals surface area contributed by atoms with E-state index in [1.165, 1.54) is 24.8 Å². The van der Waals surface area contributed by atoms with Gasteiger partial charge in [-0.2, -0.15) is 0 Å². The molecule has 3 atom stereocenters. The molecule has 1 aromatic rings. The van der Waals surface area contributed by atoms with Gasteiger partial charge < -0.3 is 5.32 Å². The lowest BCUT2D eigenvalue weighted by atomic mass is 9.65. The van der Waals surface area contributed by atoms with Crippen LogP contribution < -0.4 is 5.32 Å². The van der Waals surface area contributed by atoms with E-state index in [-0.39, 0.29) is 0 Å². The highest BCUT2D eigenvalue weighted by atomic mass is 35.5. The van der Waals surface area contributed by atoms with Crippen LogP contribution in [0.1, 0.15) is 44.6 Å². The fourth-order valence-corrected chi connectivity index (χ4v) is 3.70. The lowest BCUT2D eigenvalue weighted by molar-refractivity contribution is 0.161. The summed E-state index contributed by atoms with van der Waals surface area (Å²) in [6, 6.07) is 2.88. The Morgan fingerprint density at radius 3 is 2.88 bits per heavy atom. The summed E-state index contributed by atoms with van der Waals surface area (Å²) in [7, 11) is 0. The quantitative estimate of drug-likeness (QED) is 0.830. The molecule has 1 fully saturated rings. The first-order valence-electron chi connectivity index (χ1n) is 6.23. The number of nitrogens with one attached hydrogen (secondary N) is 1. The molecule has 0 amide bonds. The van der Waals surface area contributed by atoms with Crippen molar-refractivity contribution >= 4 is 22.9 Å². The van der Waals surface area contributed by atoms with E-state index < -0.39 is 0 Å². The molecule has 0 aliphatic heterocycles. The molecular weight excluding hydrogens is 238 g/mol. The monoisotopic (exact) mass is 257 g/mol. The van der Waals surface area contributed by atoms with Crippen molar-refractivity contribution < 1.29 is 0 Å². The maximum absolute atomic E-state index is 6.00. The van der Waals surface area contributed by atoms with Crippen molar-refractivity contribution in [3.8, 4) is 0 Å². The van der Waals surface area contributed by atoms with Crippen LogP contribution in [0.15, 0.2) is 11.4 Å². The molecule has 1 aromatic heterocycles. The first-order chi connectivity index (χ1) is 7.76. The van der Waals surface area contributed by atoms with Crippen molar-refractivity contribution in [1.29, 1.82) is 0 Å². The maximum atomic E-state index is 6.00. The van der Waals surface area contributed by atoms with Crippen molar-refractivity contribution in [3.63, 3.8) is 0 Å². The summed E-state index contributed by atoms with van der Waals surface area (Å²) in [5, 5.41) is 5.87. The standard InChI is InChI=1S/C13H20ClNS/c1-3-5-15-12-7-11(10(12)4-2)9-6-13(14)16-8-9/h6,8,10-12,15H,3-5,7H2,1-2H3. The topological polar surface area (TPSA) is 12.0 Å². The largest absolute Gasteiger partial charge is 0.314 e. The number of hydrogen-bond donors (Lipinski definition) is 1. The Morgan fingerprint density at radius 2 is 2.31 bits per heavy atom. The predicted molar refractivity (Wildman–Crippen MR) is 72.5 cm³/mol. The third-order valence-corrected chi connectivity index (χ3v) is 4.79. The van der Waals surface area contributed by atoms with Gasteiger partial charge in [0.25, 0.3) is 0 Å². The molecule has 0 aromatic carbocycles. The summed E-state index contributed by atoms with van der Waals surface area (Å²) in [4.78, 5) is 0. The van der Waals surface area contributed by atoms with Gasteiger partial charge in [-0.1, -0.05) is 31.9 Å². The van der Waals surface area contributed by atoms with Crippen molar-refractivity contribution in [1.82, 2.24) is 5.32 Å². The highest BCUT2D eigenvalue weighted by Crippen LogP contribution is 2.46. The van der Waals surface area contributed by atoms with Crippen LogP contribution in [-0.2, 0) is 0 Å². The van der Waals surface area contributed by atoms with E-state index >= 15 is 0 Å². The Labute approximate surface area is 107 Å². The fraction of sp³-hybridized carbons (Fsp3) is 0.692. The molecule has 1 saturated carbocycles. The lowest BCUT2D eigenvalue weighted by Crippen LogP contribution is -2.49. The minimum atomic E-state index is 0.730. The van der Waals surface area contributed by atoms with Crippen LogP contribution in [0.2, 0.25) is 4.34 Å². The Hall–Kier alpha value is -0.0500. The number of hydrogen-bond acceptors (Lipinski definition) is 2. The molecule has 1 nitrogen and oxygen atoms in total. The summed E-state index contributed by atoms with van der Waals surface area (Å²) in [5.41, 5.74) is 1.45. The minimum absolute atomic E-state index is 0.730. The summed E-state index contributed by atoms with van der Waals surface area (Å²) in [5.74, 6) is 1.54. The minimum Gasteiger partial charge on any atom is -0.314 e. The Morgan fingerprint density at radius 1 is 1.50 bits per heavy atom. The average molecular weight is 258 g/mol. The zero-order valence-corrected chi connectivity index (χ0v) is 11.6. The average Bonchev–Trinajstić information content (AvgIpc) is 2.64. The van der Waals surface area contributed by atoms with E-state index in [4.69, 9.17) is 11.6 Å². The number of halogens is 1. The molecular formula is C13H20ClNS. The highest BCUT2D eigenvalue weighted by molar-refractivity contribution is 7.14. The Kier molecular flexibility index (Phi) is 4.28. The van der Waals surface area contributed by atoms with Crippen LogP contribution in [0, 0.1) is 5.92 Å². The van der Waals surface area contributed by atoms with Crippen LogP contribution in [0.25, 0.3) is 0 Å². The zero-order chi connectivity index (χ0) is 11.5. The Bertz CT molecular complexity index is 336. The van der Waals surface area contributed by atoms with Crippen LogP contribution in [0.3, 0.4) is 0 Å². The molecule has 0 bridgehead atoms. The van der Waals surface area contributed by atoms with Gasteiger partial charge in [-0.15, -0.1) is 11.3 Å². The van der Waals surface area contributed by atoms with E-state index in [1.807, 2.05) is 0 Å². The van der Waals surface area contributed by atoms with Crippen LogP contribution in [0.4, 0.5) is 0 Å². The number of rotatable bonds is 5. The predicted octanol–water partition coefficient (Wildman–Crippen LogP) is 4.28. The van der Waals surface area contributed by atoms with E-state index in [1.54, 1.807) is 11.3 Å². The van der Waals surface area contributed by atoms with Crippen molar-refractivity contribution in [2.24, 2.45) is 5.92 Å². The maximum Gasteiger partial charge on any atom is 0.0931 e. The van der Waals surface area contributed by atoms with Gasteiger partial charge in [0.1, 0.15) is 0 Å². The van der Waals surface area contributed by atoms with Gasteiger partial charge in [0.05, 0.1) is 4.34 Å². The fourth-order valence-electron chi connectivity index (χ4n) is 2.74. The summed E-state index contributed by atoms with van der Waals surface area (Å²) in [6.45, 7) is 5.67. The third-order valence-electron chi connectivity index (χ3n) is 3.69. The Balaban J connectivity index is 1.94. The molecule has 1 N–H and O–H groups in total. The first kappa shape index (κ1) is 12.4. The molecule has 1 heterocycles. The molecule has 0 radical (unpaired) electrons. The van der Waals surface area contributed by atoms with E-state index in [2.05, 4.69) is 30.6 Å². The second-order valence-electron chi connectivity index (χ2n) is 4.66. The van der Waals surface area contributed by atoms with Crippen molar-refractivity contribution in [2.75, 3.05) is 6.54 Å². The lowest BCUT2D eigenvalue weighted by Gasteiger charge is -2.45. The molecule has 3 unspecified atom stereocenters. The normalized spacial score (nSPS) is 29.1. The van der Waals surface area contributed by atoms with E-state index in [0.717, 1.165) is 28.8 Å². The molecule has 2 rings (SSSR count). The summed E-state index contributed by atoms with van der Waals surface area (Å²) >= 11 is 7.66. The molecule has 1 aliphatic rings. The summed E-state index contributed by atoms with van der Waals surface area (Å²) in [6.07, 6.45) is 3.77. The van der Waals surface area contributed by atoms with Crippen LogP contribution in [0.5, 0.6) is 0 Å². The van der Waals surface area contributed by atoms with Gasteiger partial charge in [0.2, 0.25) is 0 Å². The van der Waals surface area contributed by atoms with Gasteiger partial charge in [-0.25, -0.2) is 0 Å². The van der Waals surface area contributed by atoms with E-state index in [9.17, 15) is 0 Å². The molecule has 0 saturated heterocycles. The summed E-state index contributed by atoms with van der Waals surface area (Å²) < 4.78 is 0.926. The van der Waals surface area contributed by atoms with Crippen LogP contribution in [-0.4, -0.2) is 12.6 Å². The zero-order valence-electron chi connectivity index (χ0n) is 10.0. The van der Waals surface area contributed by atoms with Gasteiger partial charge in [0.15, 0.2) is 0 Å². The molecule has 3 heteroatoms. The first-order valence-corrected chi connectivity index (χ1v) is 7.49. The third kappa shape index (κ3) is 2.44. The smallest absolute Gasteiger partial charge is 0.0931 e. The molecule has 0 spiro atoms. The number of thiophene rings is 1. The van der Waals surface area contributed by atoms with Crippen LogP contribution >= 0.6 is 22.9 Å². The van der Waals surface area contributed by atoms with Gasteiger partial charge in [0, 0.05) is 6.04 Å². The van der Waals surface area contributed by atoms with Gasteiger partial charge >= 0.3 is 0 Å². The van der Waals surface area contributed by atoms with Gasteiger partial charge in [-0.05, 0) is 48.2 Å². The molecule has 16 heavy (non-hydrogen) atoms. The second kappa shape index (κ2) is 5.52. The SMILES string of the molecule is CCCNC1CC(c2csc(Cl)c2)C1CC. The van der Waals surface area contributed by atoms with Gasteiger partial charge in [-0.3, -0.25) is 0 Å². The van der Waals surface area contributed by atoms with E-state index in [0.29, 0.717) is 0 Å². The highest BCUT2D eigenvalue weighted by Gasteiger charge is 2.40. The van der Waals surface area contributed by atoms with Crippen molar-refractivity contribution in [3.05, 3.63) is 21.3 Å². The second-order valence-corrected chi connectivity index (χ2v) is 6.20.